The second-order valence-corrected chi connectivity index (χ2v) is 8.08. The zero-order chi connectivity index (χ0) is 14.9. The maximum atomic E-state index is 12.4. The Hall–Kier alpha value is -0.930. The molecule has 20 heavy (non-hydrogen) atoms. The van der Waals surface area contributed by atoms with Crippen molar-refractivity contribution in [3.8, 4) is 0 Å². The highest BCUT2D eigenvalue weighted by Gasteiger charge is 2.19. The van der Waals surface area contributed by atoms with Gasteiger partial charge in [-0.1, -0.05) is 45.0 Å². The third-order valence-electron chi connectivity index (χ3n) is 3.89. The van der Waals surface area contributed by atoms with E-state index in [-0.39, 0.29) is 11.2 Å². The number of halogens is 1. The van der Waals surface area contributed by atoms with E-state index in [1.807, 2.05) is 25.1 Å². The molecule has 1 nitrogen and oxygen atoms in total. The predicted octanol–water partition coefficient (Wildman–Crippen LogP) is 5.74. The normalized spacial score (nSPS) is 11.7. The fraction of sp³-hybridized carbons (Fsp3) is 0.353. The minimum absolute atomic E-state index is 0.102. The summed E-state index contributed by atoms with van der Waals surface area (Å²) in [6, 6.07) is 9.98. The van der Waals surface area contributed by atoms with Crippen LogP contribution in [0.1, 0.15) is 53.6 Å². The van der Waals surface area contributed by atoms with E-state index in [4.69, 9.17) is 0 Å². The highest BCUT2D eigenvalue weighted by atomic mass is 79.9. The summed E-state index contributed by atoms with van der Waals surface area (Å²) in [7, 11) is 0. The zero-order valence-electron chi connectivity index (χ0n) is 12.3. The first-order valence-corrected chi connectivity index (χ1v) is 8.37. The van der Waals surface area contributed by atoms with Gasteiger partial charge in [0.15, 0.2) is 0 Å². The van der Waals surface area contributed by atoms with Crippen molar-refractivity contribution in [3.63, 3.8) is 0 Å². The first-order chi connectivity index (χ1) is 9.35. The van der Waals surface area contributed by atoms with E-state index in [9.17, 15) is 4.79 Å². The summed E-state index contributed by atoms with van der Waals surface area (Å²) in [6.45, 7) is 8.64. The van der Waals surface area contributed by atoms with E-state index in [1.54, 1.807) is 0 Å². The number of carbonyl (C=O) groups excluding carboxylic acids is 1. The molecule has 106 valence electrons. The van der Waals surface area contributed by atoms with Crippen LogP contribution in [0.4, 0.5) is 0 Å². The number of hydrogen-bond acceptors (Lipinski definition) is 2. The third kappa shape index (κ3) is 3.04. The van der Waals surface area contributed by atoms with Crippen LogP contribution >= 0.6 is 27.3 Å². The van der Waals surface area contributed by atoms with E-state index in [2.05, 4.69) is 48.8 Å². The average Bonchev–Trinajstić information content (AvgIpc) is 2.78. The van der Waals surface area contributed by atoms with E-state index >= 15 is 0 Å². The average molecular weight is 351 g/mol. The van der Waals surface area contributed by atoms with Crippen LogP contribution in [0, 0.1) is 6.92 Å². The molecule has 2 aromatic rings. The smallest absolute Gasteiger partial charge is 0.202 e. The summed E-state index contributed by atoms with van der Waals surface area (Å²) >= 11 is 4.97. The number of hydrogen-bond donors (Lipinski definition) is 0. The fourth-order valence-corrected chi connectivity index (χ4v) is 3.49. The molecule has 1 aromatic carbocycles. The van der Waals surface area contributed by atoms with Crippen molar-refractivity contribution in [2.75, 3.05) is 0 Å². The summed E-state index contributed by atoms with van der Waals surface area (Å²) in [4.78, 5) is 13.2. The summed E-state index contributed by atoms with van der Waals surface area (Å²) in [6.07, 6.45) is 1.08. The van der Waals surface area contributed by atoms with Crippen molar-refractivity contribution in [2.45, 2.75) is 39.5 Å². The Balaban J connectivity index is 2.28. The first-order valence-electron chi connectivity index (χ1n) is 6.76. The molecule has 0 saturated carbocycles. The second-order valence-electron chi connectivity index (χ2n) is 5.71. The standard InChI is InChI=1S/C17H19BrOS/c1-5-17(3,4)13-8-6-12(7-9-13)15(19)14-10-11(2)16(18)20-14/h6-10H,5H2,1-4H3. The Bertz CT molecular complexity index is 603. The van der Waals surface area contributed by atoms with Gasteiger partial charge in [-0.05, 0) is 51.9 Å². The molecule has 3 heteroatoms. The van der Waals surface area contributed by atoms with Crippen LogP contribution in [0.5, 0.6) is 0 Å². The van der Waals surface area contributed by atoms with Gasteiger partial charge in [0.05, 0.1) is 8.66 Å². The van der Waals surface area contributed by atoms with E-state index in [1.165, 1.54) is 16.9 Å². The molecule has 0 N–H and O–H groups in total. The predicted molar refractivity (Wildman–Crippen MR) is 89.9 cm³/mol. The van der Waals surface area contributed by atoms with Crippen LogP contribution in [0.2, 0.25) is 0 Å². The van der Waals surface area contributed by atoms with Crippen molar-refractivity contribution >= 4 is 33.0 Å². The van der Waals surface area contributed by atoms with Crippen molar-refractivity contribution in [1.29, 1.82) is 0 Å². The minimum atomic E-state index is 0.102. The molecule has 0 spiro atoms. The number of carbonyl (C=O) groups is 1. The molecule has 0 aliphatic heterocycles. The summed E-state index contributed by atoms with van der Waals surface area (Å²) < 4.78 is 1.03. The monoisotopic (exact) mass is 350 g/mol. The Morgan fingerprint density at radius 1 is 1.25 bits per heavy atom. The molecular weight excluding hydrogens is 332 g/mol. The van der Waals surface area contributed by atoms with Crippen LogP contribution in [-0.4, -0.2) is 5.78 Å². The molecule has 2 rings (SSSR count). The lowest BCUT2D eigenvalue weighted by Crippen LogP contribution is -2.15. The van der Waals surface area contributed by atoms with Gasteiger partial charge in [0.1, 0.15) is 0 Å². The molecular formula is C17H19BrOS. The van der Waals surface area contributed by atoms with Crippen LogP contribution in [0.3, 0.4) is 0 Å². The van der Waals surface area contributed by atoms with Gasteiger partial charge in [-0.15, -0.1) is 11.3 Å². The fourth-order valence-electron chi connectivity index (χ4n) is 1.99. The Kier molecular flexibility index (Phi) is 4.50. The number of benzene rings is 1. The van der Waals surface area contributed by atoms with Crippen LogP contribution in [0.25, 0.3) is 0 Å². The van der Waals surface area contributed by atoms with Crippen LogP contribution in [0.15, 0.2) is 34.1 Å². The topological polar surface area (TPSA) is 17.1 Å². The van der Waals surface area contributed by atoms with Gasteiger partial charge in [0.2, 0.25) is 5.78 Å². The maximum Gasteiger partial charge on any atom is 0.202 e. The van der Waals surface area contributed by atoms with Gasteiger partial charge >= 0.3 is 0 Å². The Morgan fingerprint density at radius 3 is 2.30 bits per heavy atom. The van der Waals surface area contributed by atoms with Crippen molar-refractivity contribution < 1.29 is 4.79 Å². The first kappa shape index (κ1) is 15.5. The molecule has 0 amide bonds. The lowest BCUT2D eigenvalue weighted by molar-refractivity contribution is 0.104. The van der Waals surface area contributed by atoms with Crippen molar-refractivity contribution in [1.82, 2.24) is 0 Å². The lowest BCUT2D eigenvalue weighted by Gasteiger charge is -2.23. The lowest BCUT2D eigenvalue weighted by atomic mass is 9.82. The number of rotatable bonds is 4. The highest BCUT2D eigenvalue weighted by molar-refractivity contribution is 9.11. The molecule has 0 saturated heterocycles. The zero-order valence-corrected chi connectivity index (χ0v) is 14.7. The highest BCUT2D eigenvalue weighted by Crippen LogP contribution is 2.30. The molecule has 0 bridgehead atoms. The van der Waals surface area contributed by atoms with Crippen LogP contribution < -0.4 is 0 Å². The van der Waals surface area contributed by atoms with Crippen molar-refractivity contribution in [3.05, 3.63) is 55.7 Å². The van der Waals surface area contributed by atoms with Gasteiger partial charge in [-0.2, -0.15) is 0 Å². The van der Waals surface area contributed by atoms with Gasteiger partial charge < -0.3 is 0 Å². The van der Waals surface area contributed by atoms with Gasteiger partial charge in [-0.25, -0.2) is 0 Å². The Labute approximate surface area is 133 Å². The van der Waals surface area contributed by atoms with Gasteiger partial charge in [0.25, 0.3) is 0 Å². The van der Waals surface area contributed by atoms with Gasteiger partial charge in [-0.3, -0.25) is 4.79 Å². The van der Waals surface area contributed by atoms with E-state index in [0.29, 0.717) is 0 Å². The molecule has 0 radical (unpaired) electrons. The summed E-state index contributed by atoms with van der Waals surface area (Å²) in [5.74, 6) is 0.102. The number of aryl methyl sites for hydroxylation is 1. The quantitative estimate of drug-likeness (QED) is 0.642. The molecule has 0 aliphatic rings. The molecule has 0 atom stereocenters. The second kappa shape index (κ2) is 5.82. The summed E-state index contributed by atoms with van der Waals surface area (Å²) in [5, 5.41) is 0. The summed E-state index contributed by atoms with van der Waals surface area (Å²) in [5.41, 5.74) is 3.31. The largest absolute Gasteiger partial charge is 0.288 e. The minimum Gasteiger partial charge on any atom is -0.288 e. The van der Waals surface area contributed by atoms with Gasteiger partial charge in [0, 0.05) is 5.56 Å². The van der Waals surface area contributed by atoms with Crippen molar-refractivity contribution in [2.24, 2.45) is 0 Å². The molecule has 0 fully saturated rings. The number of thiophene rings is 1. The molecule has 0 aliphatic carbocycles. The van der Waals surface area contributed by atoms with E-state index < -0.39 is 0 Å². The molecule has 1 aromatic heterocycles. The maximum absolute atomic E-state index is 12.4. The molecule has 1 heterocycles. The van der Waals surface area contributed by atoms with Crippen LogP contribution in [-0.2, 0) is 5.41 Å². The Morgan fingerprint density at radius 2 is 1.85 bits per heavy atom. The SMILES string of the molecule is CCC(C)(C)c1ccc(C(=O)c2cc(C)c(Br)s2)cc1. The third-order valence-corrected chi connectivity index (χ3v) is 6.03. The van der Waals surface area contributed by atoms with E-state index in [0.717, 1.165) is 26.2 Å². The number of ketones is 1. The molecule has 0 unspecified atom stereocenters.